The maximum atomic E-state index is 12.1. The minimum absolute atomic E-state index is 0.0562. The number of rotatable bonds is 4. The van der Waals surface area contributed by atoms with Gasteiger partial charge in [0.05, 0.1) is 16.9 Å². The molecule has 21 heavy (non-hydrogen) atoms. The van der Waals surface area contributed by atoms with E-state index in [9.17, 15) is 14.7 Å². The molecule has 0 saturated heterocycles. The average molecular weight is 289 g/mol. The molecule has 7 nitrogen and oxygen atoms in total. The van der Waals surface area contributed by atoms with Gasteiger partial charge in [-0.2, -0.15) is 5.10 Å². The summed E-state index contributed by atoms with van der Waals surface area (Å²) in [4.78, 5) is 22.9. The van der Waals surface area contributed by atoms with Crippen LogP contribution in [0.1, 0.15) is 33.5 Å². The standard InChI is InChI=1S/C14H15N3O4/c1-3-9-7-11(17(2)16-9)13(19)15-10-5-4-8(14(20)21)6-12(10)18/h4-7,18H,3H2,1-2H3,(H,15,19)(H,20,21). The molecule has 2 aromatic rings. The molecule has 0 aliphatic heterocycles. The summed E-state index contributed by atoms with van der Waals surface area (Å²) >= 11 is 0. The van der Waals surface area contributed by atoms with Crippen molar-refractivity contribution in [2.24, 2.45) is 7.05 Å². The van der Waals surface area contributed by atoms with Crippen molar-refractivity contribution in [3.63, 3.8) is 0 Å². The van der Waals surface area contributed by atoms with Crippen molar-refractivity contribution in [2.45, 2.75) is 13.3 Å². The zero-order valence-corrected chi connectivity index (χ0v) is 11.6. The molecule has 2 rings (SSSR count). The van der Waals surface area contributed by atoms with Crippen LogP contribution in [-0.2, 0) is 13.5 Å². The molecule has 1 heterocycles. The van der Waals surface area contributed by atoms with E-state index in [0.29, 0.717) is 12.1 Å². The summed E-state index contributed by atoms with van der Waals surface area (Å²) < 4.78 is 1.46. The molecule has 0 unspecified atom stereocenters. The van der Waals surface area contributed by atoms with Crippen LogP contribution in [0.3, 0.4) is 0 Å². The van der Waals surface area contributed by atoms with Crippen LogP contribution in [-0.4, -0.2) is 31.9 Å². The van der Waals surface area contributed by atoms with Gasteiger partial charge >= 0.3 is 5.97 Å². The number of nitrogens with one attached hydrogen (secondary N) is 1. The number of amides is 1. The number of benzene rings is 1. The highest BCUT2D eigenvalue weighted by Gasteiger charge is 2.15. The number of aromatic nitrogens is 2. The SMILES string of the molecule is CCc1cc(C(=O)Nc2ccc(C(=O)O)cc2O)n(C)n1. The fraction of sp³-hybridized carbons (Fsp3) is 0.214. The Morgan fingerprint density at radius 2 is 2.05 bits per heavy atom. The number of hydrogen-bond donors (Lipinski definition) is 3. The van der Waals surface area contributed by atoms with Crippen molar-refractivity contribution in [2.75, 3.05) is 5.32 Å². The number of carboxylic acid groups (broad SMARTS) is 1. The van der Waals surface area contributed by atoms with Gasteiger partial charge in [-0.3, -0.25) is 9.48 Å². The van der Waals surface area contributed by atoms with Gasteiger partial charge in [-0.15, -0.1) is 0 Å². The molecule has 110 valence electrons. The van der Waals surface area contributed by atoms with Gasteiger partial charge in [0.1, 0.15) is 11.4 Å². The van der Waals surface area contributed by atoms with Gasteiger partial charge in [0.2, 0.25) is 0 Å². The molecule has 0 saturated carbocycles. The van der Waals surface area contributed by atoms with Gasteiger partial charge in [-0.05, 0) is 30.7 Å². The Morgan fingerprint density at radius 3 is 2.57 bits per heavy atom. The van der Waals surface area contributed by atoms with Gasteiger partial charge in [-0.1, -0.05) is 6.92 Å². The van der Waals surface area contributed by atoms with E-state index in [-0.39, 0.29) is 17.0 Å². The zero-order valence-electron chi connectivity index (χ0n) is 11.6. The van der Waals surface area contributed by atoms with E-state index in [1.807, 2.05) is 6.92 Å². The monoisotopic (exact) mass is 289 g/mol. The number of anilines is 1. The number of aromatic carboxylic acids is 1. The molecule has 1 aromatic heterocycles. The number of aryl methyl sites for hydroxylation is 2. The number of carbonyl (C=O) groups is 2. The van der Waals surface area contributed by atoms with Crippen LogP contribution in [0.25, 0.3) is 0 Å². The normalized spacial score (nSPS) is 10.4. The topological polar surface area (TPSA) is 104 Å². The van der Waals surface area contributed by atoms with Crippen LogP contribution in [0.2, 0.25) is 0 Å². The minimum Gasteiger partial charge on any atom is -0.506 e. The molecular formula is C14H15N3O4. The molecule has 0 aliphatic carbocycles. The van der Waals surface area contributed by atoms with Crippen LogP contribution in [0, 0.1) is 0 Å². The molecule has 3 N–H and O–H groups in total. The van der Waals surface area contributed by atoms with Gasteiger partial charge in [0.25, 0.3) is 5.91 Å². The molecule has 1 aromatic carbocycles. The van der Waals surface area contributed by atoms with Crippen LogP contribution in [0.15, 0.2) is 24.3 Å². The number of carbonyl (C=O) groups excluding carboxylic acids is 1. The largest absolute Gasteiger partial charge is 0.506 e. The second-order valence-corrected chi connectivity index (χ2v) is 4.49. The fourth-order valence-corrected chi connectivity index (χ4v) is 1.87. The first-order valence-electron chi connectivity index (χ1n) is 6.33. The van der Waals surface area contributed by atoms with Crippen LogP contribution >= 0.6 is 0 Å². The van der Waals surface area contributed by atoms with Crippen molar-refractivity contribution >= 4 is 17.6 Å². The zero-order chi connectivity index (χ0) is 15.6. The Hall–Kier alpha value is -2.83. The van der Waals surface area contributed by atoms with Crippen molar-refractivity contribution < 1.29 is 19.8 Å². The van der Waals surface area contributed by atoms with Gasteiger partial charge in [0, 0.05) is 7.05 Å². The van der Waals surface area contributed by atoms with E-state index in [1.54, 1.807) is 13.1 Å². The summed E-state index contributed by atoms with van der Waals surface area (Å²) in [6, 6.07) is 5.39. The van der Waals surface area contributed by atoms with Crippen molar-refractivity contribution in [3.8, 4) is 5.75 Å². The maximum Gasteiger partial charge on any atom is 0.335 e. The Balaban J connectivity index is 2.23. The van der Waals surface area contributed by atoms with Crippen LogP contribution in [0.5, 0.6) is 5.75 Å². The summed E-state index contributed by atoms with van der Waals surface area (Å²) in [7, 11) is 1.65. The number of phenolic OH excluding ortho intramolecular Hbond substituents is 1. The third kappa shape index (κ3) is 3.02. The smallest absolute Gasteiger partial charge is 0.335 e. The Kier molecular flexibility index (Phi) is 3.93. The number of phenols is 1. The van der Waals surface area contributed by atoms with Gasteiger partial charge in [0.15, 0.2) is 0 Å². The van der Waals surface area contributed by atoms with Crippen molar-refractivity contribution in [1.82, 2.24) is 9.78 Å². The Bertz CT molecular complexity index is 706. The molecular weight excluding hydrogens is 274 g/mol. The van der Waals surface area contributed by atoms with Gasteiger partial charge in [-0.25, -0.2) is 4.79 Å². The summed E-state index contributed by atoms with van der Waals surface area (Å²) in [6.45, 7) is 1.93. The summed E-state index contributed by atoms with van der Waals surface area (Å²) in [6.07, 6.45) is 0.708. The lowest BCUT2D eigenvalue weighted by atomic mass is 10.2. The number of hydrogen-bond acceptors (Lipinski definition) is 4. The second kappa shape index (κ2) is 5.66. The van der Waals surface area contributed by atoms with E-state index in [4.69, 9.17) is 5.11 Å². The predicted octanol–water partition coefficient (Wildman–Crippen LogP) is 1.64. The van der Waals surface area contributed by atoms with Crippen molar-refractivity contribution in [1.29, 1.82) is 0 Å². The highest BCUT2D eigenvalue weighted by Crippen LogP contribution is 2.25. The molecule has 1 amide bonds. The Morgan fingerprint density at radius 1 is 1.33 bits per heavy atom. The minimum atomic E-state index is -1.15. The quantitative estimate of drug-likeness (QED) is 0.742. The number of carboxylic acids is 1. The maximum absolute atomic E-state index is 12.1. The first-order valence-corrected chi connectivity index (χ1v) is 6.33. The van der Waals surface area contributed by atoms with Crippen molar-refractivity contribution in [3.05, 3.63) is 41.2 Å². The number of aromatic hydroxyl groups is 1. The summed E-state index contributed by atoms with van der Waals surface area (Å²) in [5, 5.41) is 25.3. The van der Waals surface area contributed by atoms with E-state index >= 15 is 0 Å². The predicted molar refractivity (Wildman–Crippen MR) is 75.6 cm³/mol. The lowest BCUT2D eigenvalue weighted by Crippen LogP contribution is -2.16. The molecule has 0 aliphatic rings. The molecule has 0 radical (unpaired) electrons. The van der Waals surface area contributed by atoms with Crippen LogP contribution in [0.4, 0.5) is 5.69 Å². The summed E-state index contributed by atoms with van der Waals surface area (Å²) in [5.74, 6) is -1.88. The Labute approximate surface area is 120 Å². The summed E-state index contributed by atoms with van der Waals surface area (Å²) in [5.41, 5.74) is 1.23. The molecule has 0 bridgehead atoms. The fourth-order valence-electron chi connectivity index (χ4n) is 1.87. The van der Waals surface area contributed by atoms with Gasteiger partial charge < -0.3 is 15.5 Å². The molecule has 0 atom stereocenters. The molecule has 0 fully saturated rings. The van der Waals surface area contributed by atoms with E-state index in [1.165, 1.54) is 16.8 Å². The molecule has 0 spiro atoms. The highest BCUT2D eigenvalue weighted by atomic mass is 16.4. The van der Waals surface area contributed by atoms with Crippen LogP contribution < -0.4 is 5.32 Å². The number of nitrogens with zero attached hydrogens (tertiary/aromatic N) is 2. The third-order valence-corrected chi connectivity index (χ3v) is 3.02. The third-order valence-electron chi connectivity index (χ3n) is 3.02. The second-order valence-electron chi connectivity index (χ2n) is 4.49. The van der Waals surface area contributed by atoms with E-state index in [2.05, 4.69) is 10.4 Å². The first kappa shape index (κ1) is 14.6. The van der Waals surface area contributed by atoms with E-state index < -0.39 is 11.9 Å². The van der Waals surface area contributed by atoms with E-state index in [0.717, 1.165) is 11.8 Å². The average Bonchev–Trinajstić information content (AvgIpc) is 2.82. The first-order chi connectivity index (χ1) is 9.92. The lowest BCUT2D eigenvalue weighted by Gasteiger charge is -2.08. The highest BCUT2D eigenvalue weighted by molar-refractivity contribution is 6.04. The molecule has 7 heteroatoms. The lowest BCUT2D eigenvalue weighted by molar-refractivity contribution is 0.0696.